The highest BCUT2D eigenvalue weighted by Gasteiger charge is 2.17. The fourth-order valence-corrected chi connectivity index (χ4v) is 0.683. The van der Waals surface area contributed by atoms with E-state index in [4.69, 9.17) is 0 Å². The molecule has 19 heavy (non-hydrogen) atoms. The lowest BCUT2D eigenvalue weighted by atomic mass is 9.99. The summed E-state index contributed by atoms with van der Waals surface area (Å²) in [5.41, 5.74) is 0.0472. The van der Waals surface area contributed by atoms with Crippen LogP contribution in [0.1, 0.15) is 34.6 Å². The van der Waals surface area contributed by atoms with Gasteiger partial charge < -0.3 is 9.47 Å². The molecule has 0 rings (SSSR count). The van der Waals surface area contributed by atoms with E-state index in [1.807, 2.05) is 20.8 Å². The van der Waals surface area contributed by atoms with Gasteiger partial charge >= 0.3 is 12.1 Å². The third-order valence-corrected chi connectivity index (χ3v) is 1.53. The van der Waals surface area contributed by atoms with Crippen LogP contribution in [0.25, 0.3) is 0 Å². The molecule has 0 bridgehead atoms. The smallest absolute Gasteiger partial charge is 0.422 e. The molecule has 1 unspecified atom stereocenters. The van der Waals surface area contributed by atoms with Crippen molar-refractivity contribution < 1.29 is 33.9 Å². The Morgan fingerprint density at radius 1 is 1.21 bits per heavy atom. The standard InChI is InChI=1S/C12H20O7/c1-8(2)10(13)16-9(3)17-11(14)18-19-15-7-12(4,5)6/h9H,1,7H2,2-6H3. The third kappa shape index (κ3) is 10.0. The van der Waals surface area contributed by atoms with Crippen molar-refractivity contribution in [3.63, 3.8) is 0 Å². The molecule has 0 aromatic carbocycles. The Kier molecular flexibility index (Phi) is 7.10. The van der Waals surface area contributed by atoms with E-state index in [0.29, 0.717) is 0 Å². The summed E-state index contributed by atoms with van der Waals surface area (Å²) in [6.45, 7) is 12.1. The van der Waals surface area contributed by atoms with Crippen molar-refractivity contribution in [2.75, 3.05) is 6.61 Å². The number of ether oxygens (including phenoxy) is 2. The Bertz CT molecular complexity index is 329. The van der Waals surface area contributed by atoms with Gasteiger partial charge in [0, 0.05) is 12.5 Å². The first kappa shape index (κ1) is 17.4. The second-order valence-electron chi connectivity index (χ2n) is 5.10. The van der Waals surface area contributed by atoms with Gasteiger partial charge in [0.1, 0.15) is 0 Å². The molecule has 0 aromatic rings. The summed E-state index contributed by atoms with van der Waals surface area (Å²) in [4.78, 5) is 30.9. The lowest BCUT2D eigenvalue weighted by molar-refractivity contribution is -0.492. The second-order valence-corrected chi connectivity index (χ2v) is 5.10. The van der Waals surface area contributed by atoms with E-state index in [1.165, 1.54) is 13.8 Å². The molecule has 0 N–H and O–H groups in total. The normalized spacial score (nSPS) is 12.5. The van der Waals surface area contributed by atoms with Crippen molar-refractivity contribution in [1.82, 2.24) is 0 Å². The van der Waals surface area contributed by atoms with Crippen LogP contribution in [-0.2, 0) is 29.1 Å². The number of esters is 1. The Balaban J connectivity index is 3.80. The number of carbonyl (C=O) groups is 2. The third-order valence-electron chi connectivity index (χ3n) is 1.53. The van der Waals surface area contributed by atoms with Crippen LogP contribution in [-0.4, -0.2) is 25.0 Å². The number of rotatable bonds is 6. The van der Waals surface area contributed by atoms with Crippen molar-refractivity contribution in [2.24, 2.45) is 5.41 Å². The number of carbonyl (C=O) groups excluding carboxylic acids is 2. The summed E-state index contributed by atoms with van der Waals surface area (Å²) in [6, 6.07) is 0. The van der Waals surface area contributed by atoms with Gasteiger partial charge in [-0.05, 0) is 17.4 Å². The maximum absolute atomic E-state index is 11.1. The molecule has 0 saturated heterocycles. The Morgan fingerprint density at radius 3 is 2.26 bits per heavy atom. The average molecular weight is 276 g/mol. The molecule has 0 saturated carbocycles. The molecule has 0 amide bonds. The van der Waals surface area contributed by atoms with Crippen molar-refractivity contribution in [1.29, 1.82) is 0 Å². The number of hydrogen-bond donors (Lipinski definition) is 0. The minimum Gasteiger partial charge on any atom is -0.422 e. The van der Waals surface area contributed by atoms with Crippen LogP contribution < -0.4 is 0 Å². The van der Waals surface area contributed by atoms with Crippen LogP contribution in [0.5, 0.6) is 0 Å². The molecule has 0 spiro atoms. The summed E-state index contributed by atoms with van der Waals surface area (Å²) >= 11 is 0. The topological polar surface area (TPSA) is 80.3 Å². The molecule has 0 aliphatic heterocycles. The molecule has 0 aliphatic carbocycles. The van der Waals surface area contributed by atoms with E-state index in [-0.39, 0.29) is 17.6 Å². The van der Waals surface area contributed by atoms with Crippen molar-refractivity contribution in [3.05, 3.63) is 12.2 Å². The van der Waals surface area contributed by atoms with Gasteiger partial charge in [-0.1, -0.05) is 27.4 Å². The fourth-order valence-electron chi connectivity index (χ4n) is 0.683. The highest BCUT2D eigenvalue weighted by atomic mass is 17.5. The summed E-state index contributed by atoms with van der Waals surface area (Å²) in [5, 5.41) is 4.19. The van der Waals surface area contributed by atoms with E-state index < -0.39 is 18.4 Å². The van der Waals surface area contributed by atoms with Crippen molar-refractivity contribution in [2.45, 2.75) is 40.9 Å². The number of hydrogen-bond acceptors (Lipinski definition) is 7. The van der Waals surface area contributed by atoms with Gasteiger partial charge in [-0.2, -0.15) is 4.89 Å². The second kappa shape index (κ2) is 7.75. The van der Waals surface area contributed by atoms with Gasteiger partial charge in [-0.3, -0.25) is 0 Å². The molecule has 0 aliphatic rings. The molecule has 0 aromatic heterocycles. The Labute approximate surface area is 112 Å². The lowest BCUT2D eigenvalue weighted by Crippen LogP contribution is -2.23. The van der Waals surface area contributed by atoms with Crippen LogP contribution in [0.3, 0.4) is 0 Å². The predicted molar refractivity (Wildman–Crippen MR) is 64.4 cm³/mol. The lowest BCUT2D eigenvalue weighted by Gasteiger charge is -2.16. The van der Waals surface area contributed by atoms with Gasteiger partial charge in [0.15, 0.2) is 0 Å². The van der Waals surface area contributed by atoms with E-state index in [0.717, 1.165) is 0 Å². The summed E-state index contributed by atoms with van der Waals surface area (Å²) in [7, 11) is 0. The molecular weight excluding hydrogens is 256 g/mol. The molecule has 1 atom stereocenters. The summed E-state index contributed by atoms with van der Waals surface area (Å²) in [6.07, 6.45) is -2.31. The zero-order valence-corrected chi connectivity index (χ0v) is 11.8. The van der Waals surface area contributed by atoms with Crippen LogP contribution in [0.4, 0.5) is 4.79 Å². The van der Waals surface area contributed by atoms with Gasteiger partial charge in [0.2, 0.25) is 6.29 Å². The van der Waals surface area contributed by atoms with Crippen LogP contribution in [0.2, 0.25) is 0 Å². The first-order valence-corrected chi connectivity index (χ1v) is 5.65. The Hall–Kier alpha value is -1.60. The zero-order chi connectivity index (χ0) is 15.1. The van der Waals surface area contributed by atoms with E-state index >= 15 is 0 Å². The SMILES string of the molecule is C=C(C)C(=O)OC(C)OC(=O)OOOCC(C)(C)C. The highest BCUT2D eigenvalue weighted by molar-refractivity contribution is 5.87. The molecule has 0 fully saturated rings. The van der Waals surface area contributed by atoms with Gasteiger partial charge in [0.05, 0.1) is 6.61 Å². The quantitative estimate of drug-likeness (QED) is 0.184. The van der Waals surface area contributed by atoms with Gasteiger partial charge in [0.25, 0.3) is 0 Å². The summed E-state index contributed by atoms with van der Waals surface area (Å²) in [5.74, 6) is -0.676. The van der Waals surface area contributed by atoms with Crippen LogP contribution in [0.15, 0.2) is 12.2 Å². The van der Waals surface area contributed by atoms with E-state index in [9.17, 15) is 9.59 Å². The van der Waals surface area contributed by atoms with Crippen molar-refractivity contribution >= 4 is 12.1 Å². The first-order valence-electron chi connectivity index (χ1n) is 5.65. The van der Waals surface area contributed by atoms with Crippen LogP contribution in [0, 0.1) is 5.41 Å². The van der Waals surface area contributed by atoms with E-state index in [2.05, 4.69) is 30.9 Å². The van der Waals surface area contributed by atoms with E-state index in [1.54, 1.807) is 0 Å². The Morgan fingerprint density at radius 2 is 1.79 bits per heavy atom. The summed E-state index contributed by atoms with van der Waals surface area (Å²) < 4.78 is 9.24. The molecule has 0 heterocycles. The highest BCUT2D eigenvalue weighted by Crippen LogP contribution is 2.13. The maximum Gasteiger partial charge on any atom is 0.545 e. The largest absolute Gasteiger partial charge is 0.545 e. The minimum atomic E-state index is -1.18. The molecule has 110 valence electrons. The predicted octanol–water partition coefficient (Wildman–Crippen LogP) is 2.51. The first-order chi connectivity index (χ1) is 8.61. The molecule has 7 nitrogen and oxygen atoms in total. The molecule has 7 heteroatoms. The monoisotopic (exact) mass is 276 g/mol. The molecule has 0 radical (unpaired) electrons. The van der Waals surface area contributed by atoms with Crippen LogP contribution >= 0.6 is 0 Å². The average Bonchev–Trinajstić information content (AvgIpc) is 2.22. The molecular formula is C12H20O7. The zero-order valence-electron chi connectivity index (χ0n) is 11.8. The van der Waals surface area contributed by atoms with Gasteiger partial charge in [-0.25, -0.2) is 14.5 Å². The van der Waals surface area contributed by atoms with Gasteiger partial charge in [-0.15, -0.1) is 0 Å². The van der Waals surface area contributed by atoms with Crippen molar-refractivity contribution in [3.8, 4) is 0 Å². The fraction of sp³-hybridized carbons (Fsp3) is 0.667. The maximum atomic E-state index is 11.1. The minimum absolute atomic E-state index is 0.141.